The Balaban J connectivity index is 0.756. The molecule has 0 bridgehead atoms. The van der Waals surface area contributed by atoms with Crippen molar-refractivity contribution in [1.29, 1.82) is 0 Å². The molecule has 24 heteroatoms. The molecule has 1 unspecified atom stereocenters. The van der Waals surface area contributed by atoms with E-state index in [-0.39, 0.29) is 44.1 Å². The summed E-state index contributed by atoms with van der Waals surface area (Å²) < 4.78 is 95.2. The Morgan fingerprint density at radius 3 is 1.51 bits per heavy atom. The van der Waals surface area contributed by atoms with Gasteiger partial charge in [-0.1, -0.05) is 24.3 Å². The molecule has 1 aliphatic heterocycles. The molecule has 4 aromatic rings. The molecule has 0 amide bonds. The summed E-state index contributed by atoms with van der Waals surface area (Å²) in [6.45, 7) is 16.1. The largest absolute Gasteiger partial charge is 0.467 e. The Labute approximate surface area is 474 Å². The van der Waals surface area contributed by atoms with Gasteiger partial charge in [0, 0.05) is 38.7 Å². The lowest BCUT2D eigenvalue weighted by molar-refractivity contribution is -0.290. The van der Waals surface area contributed by atoms with Gasteiger partial charge in [-0.05, 0) is 56.0 Å². The van der Waals surface area contributed by atoms with Gasteiger partial charge in [-0.3, -0.25) is 9.63 Å². The van der Waals surface area contributed by atoms with Gasteiger partial charge in [-0.15, -0.1) is 0 Å². The van der Waals surface area contributed by atoms with E-state index >= 15 is 0 Å². The van der Waals surface area contributed by atoms with Crippen molar-refractivity contribution >= 4 is 33.9 Å². The van der Waals surface area contributed by atoms with Crippen molar-refractivity contribution in [2.45, 2.75) is 45.2 Å². The topological polar surface area (TPSA) is 242 Å². The summed E-state index contributed by atoms with van der Waals surface area (Å²) >= 11 is 0. The van der Waals surface area contributed by atoms with Crippen LogP contribution in [0.2, 0.25) is 0 Å². The highest BCUT2D eigenvalue weighted by molar-refractivity contribution is 5.85. The maximum Gasteiger partial charge on any atom is 0.347 e. The van der Waals surface area contributed by atoms with Gasteiger partial charge in [0.05, 0.1) is 183 Å². The monoisotopic (exact) mass is 1150 g/mol. The summed E-state index contributed by atoms with van der Waals surface area (Å²) in [6, 6.07) is 14.4. The number of carbonyl (C=O) groups excluding carboxylic acids is 2. The molecule has 0 saturated carbocycles. The smallest absolute Gasteiger partial charge is 0.347 e. The first-order chi connectivity index (χ1) is 40.0. The maximum atomic E-state index is 13.5. The number of rotatable bonds is 53. The lowest BCUT2D eigenvalue weighted by Gasteiger charge is -2.40. The molecule has 0 radical (unpaired) electrons. The van der Waals surface area contributed by atoms with E-state index in [0.29, 0.717) is 214 Å². The van der Waals surface area contributed by atoms with Crippen LogP contribution in [0.1, 0.15) is 44.2 Å². The SMILES string of the molecule is CCOC(=O)CCCn1c(-c2cc3ccc(C4CON4C(=C=O)OCCOCCOCCOCCOCCOCCOCCOCCCCOCCOCCOCCOCCOCCOCCOC)cc3oc2=O)nc2ccccc21. The molecule has 1 saturated heterocycles. The van der Waals surface area contributed by atoms with Gasteiger partial charge < -0.3 is 84.8 Å². The predicted molar refractivity (Wildman–Crippen MR) is 295 cm³/mol. The minimum absolute atomic E-state index is 0.0819. The zero-order valence-electron chi connectivity index (χ0n) is 47.4. The highest BCUT2D eigenvalue weighted by Crippen LogP contribution is 2.35. The van der Waals surface area contributed by atoms with Crippen LogP contribution < -0.4 is 5.63 Å². The second-order valence-electron chi connectivity index (χ2n) is 17.8. The number of nitrogens with zero attached hydrogens (tertiary/aromatic N) is 3. The van der Waals surface area contributed by atoms with Crippen LogP contribution in [0.5, 0.6) is 0 Å². The molecule has 2 aromatic heterocycles. The number of carbonyl (C=O) groups is 1. The summed E-state index contributed by atoms with van der Waals surface area (Å²) in [4.78, 5) is 47.7. The van der Waals surface area contributed by atoms with Crippen molar-refractivity contribution in [2.75, 3.05) is 205 Å². The Hall–Kier alpha value is -4.96. The van der Waals surface area contributed by atoms with Crippen molar-refractivity contribution in [3.8, 4) is 11.4 Å². The zero-order valence-corrected chi connectivity index (χ0v) is 47.4. The van der Waals surface area contributed by atoms with Crippen LogP contribution in [0.15, 0.2) is 63.6 Å². The number of ether oxygens (including phenoxy) is 16. The molecule has 3 heterocycles. The van der Waals surface area contributed by atoms with Crippen molar-refractivity contribution < 1.29 is 94.6 Å². The van der Waals surface area contributed by atoms with Crippen molar-refractivity contribution in [3.05, 3.63) is 70.4 Å². The number of benzene rings is 2. The van der Waals surface area contributed by atoms with Crippen LogP contribution in [0.3, 0.4) is 0 Å². The average Bonchev–Trinajstić information content (AvgIpc) is 4.07. The average molecular weight is 1150 g/mol. The van der Waals surface area contributed by atoms with E-state index in [1.165, 1.54) is 5.06 Å². The lowest BCUT2D eigenvalue weighted by Crippen LogP contribution is -2.43. The molecule has 2 aromatic carbocycles. The number of hydrogen-bond donors (Lipinski definition) is 0. The summed E-state index contributed by atoms with van der Waals surface area (Å²) in [5, 5.41) is 2.02. The first-order valence-corrected chi connectivity index (χ1v) is 28.0. The number of hydroxylamine groups is 2. The third kappa shape index (κ3) is 27.3. The third-order valence-corrected chi connectivity index (χ3v) is 11.9. The van der Waals surface area contributed by atoms with Crippen LogP contribution in [0.25, 0.3) is 33.4 Å². The van der Waals surface area contributed by atoms with Gasteiger partial charge >= 0.3 is 17.5 Å². The maximum absolute atomic E-state index is 13.5. The van der Waals surface area contributed by atoms with Crippen LogP contribution in [-0.2, 0) is 96.8 Å². The van der Waals surface area contributed by atoms with Crippen molar-refractivity contribution in [1.82, 2.24) is 14.6 Å². The minimum atomic E-state index is -0.561. The predicted octanol–water partition coefficient (Wildman–Crippen LogP) is 4.77. The molecule has 0 spiro atoms. The number of aromatic nitrogens is 2. The summed E-state index contributed by atoms with van der Waals surface area (Å²) in [7, 11) is 1.64. The van der Waals surface area contributed by atoms with Crippen LogP contribution in [0.4, 0.5) is 0 Å². The van der Waals surface area contributed by atoms with E-state index in [9.17, 15) is 14.4 Å². The fourth-order valence-electron chi connectivity index (χ4n) is 7.78. The second kappa shape index (κ2) is 43.7. The molecule has 0 aliphatic carbocycles. The molecule has 1 aliphatic rings. The standard InChI is InChI=1S/C57H85N3O21/c1-3-78-55(62)11-8-14-59-51-10-5-4-9-50(51)58-56(59)49-43-48-13-12-47(44-53(48)81-57(49)63)52-46-80-60(52)54(45-61)79-42-41-77-40-39-76-38-37-75-36-35-74-34-32-72-28-26-69-22-20-66-16-7-6-15-65-19-21-68-25-27-71-31-33-73-30-29-70-24-23-67-18-17-64-2/h4-5,9-10,12-13,43-44,52H,3,6-8,11,14-42,46H2,1-2H3. The third-order valence-electron chi connectivity index (χ3n) is 11.9. The number of fused-ring (bicyclic) bond motifs is 2. The van der Waals surface area contributed by atoms with Gasteiger partial charge in [0.25, 0.3) is 0 Å². The summed E-state index contributed by atoms with van der Waals surface area (Å²) in [5.41, 5.74) is 2.40. The number of para-hydroxylation sites is 2. The van der Waals surface area contributed by atoms with Crippen LogP contribution >= 0.6 is 0 Å². The van der Waals surface area contributed by atoms with E-state index in [0.717, 1.165) is 29.4 Å². The molecule has 0 N–H and O–H groups in total. The van der Waals surface area contributed by atoms with Gasteiger partial charge in [-0.2, -0.15) is 0 Å². The van der Waals surface area contributed by atoms with E-state index < -0.39 is 5.63 Å². The van der Waals surface area contributed by atoms with Gasteiger partial charge in [0.2, 0.25) is 0 Å². The number of methoxy groups -OCH3 is 1. The zero-order chi connectivity index (χ0) is 57.1. The van der Waals surface area contributed by atoms with E-state index in [4.69, 9.17) is 90.0 Å². The second-order valence-corrected chi connectivity index (χ2v) is 17.8. The lowest BCUT2D eigenvalue weighted by atomic mass is 10.0. The molecule has 81 heavy (non-hydrogen) atoms. The van der Waals surface area contributed by atoms with E-state index in [2.05, 4.69) is 0 Å². The van der Waals surface area contributed by atoms with E-state index in [1.807, 2.05) is 46.9 Å². The highest BCUT2D eigenvalue weighted by atomic mass is 16.7. The number of hydrogen-bond acceptors (Lipinski definition) is 23. The number of unbranched alkanes of at least 4 members (excludes halogenated alkanes) is 1. The molecule has 5 rings (SSSR count). The van der Waals surface area contributed by atoms with Gasteiger partial charge in [0.1, 0.15) is 36.2 Å². The van der Waals surface area contributed by atoms with Crippen molar-refractivity contribution in [2.24, 2.45) is 0 Å². The number of imidazole rings is 1. The molecule has 1 fully saturated rings. The molecular formula is C57H85N3O21. The summed E-state index contributed by atoms with van der Waals surface area (Å²) in [5.74, 6) is 1.86. The number of esters is 1. The quantitative estimate of drug-likeness (QED) is 0.0190. The number of aryl methyl sites for hydroxylation is 1. The van der Waals surface area contributed by atoms with Gasteiger partial charge in [0.15, 0.2) is 5.94 Å². The first-order valence-electron chi connectivity index (χ1n) is 28.0. The molecule has 1 atom stereocenters. The molecule has 24 nitrogen and oxygen atoms in total. The normalized spacial score (nSPS) is 13.3. The van der Waals surface area contributed by atoms with Gasteiger partial charge in [-0.25, -0.2) is 19.6 Å². The molecular weight excluding hydrogens is 1060 g/mol. The fourth-order valence-corrected chi connectivity index (χ4v) is 7.78. The Morgan fingerprint density at radius 2 is 1.05 bits per heavy atom. The Morgan fingerprint density at radius 1 is 0.580 bits per heavy atom. The Bertz CT molecular complexity index is 2380. The van der Waals surface area contributed by atoms with Crippen LogP contribution in [-0.4, -0.2) is 232 Å². The molecule has 454 valence electrons. The van der Waals surface area contributed by atoms with E-state index in [1.54, 1.807) is 26.2 Å². The first kappa shape index (κ1) is 66.8. The fraction of sp³-hybridized carbons (Fsp3) is 0.667. The minimum Gasteiger partial charge on any atom is -0.467 e. The highest BCUT2D eigenvalue weighted by Gasteiger charge is 2.36. The summed E-state index contributed by atoms with van der Waals surface area (Å²) in [6.07, 6.45) is 2.57. The van der Waals surface area contributed by atoms with Crippen molar-refractivity contribution in [3.63, 3.8) is 0 Å². The Kier molecular flexibility index (Phi) is 36.0. The van der Waals surface area contributed by atoms with Crippen LogP contribution in [0, 0.1) is 0 Å².